The molecule has 0 saturated carbocycles. The zero-order chi connectivity index (χ0) is 14.1. The second kappa shape index (κ2) is 5.15. The summed E-state index contributed by atoms with van der Waals surface area (Å²) in [6, 6.07) is 11.5. The number of H-pyrrole nitrogens is 1. The van der Waals surface area contributed by atoms with Crippen LogP contribution >= 0.6 is 11.6 Å². The lowest BCUT2D eigenvalue weighted by Crippen LogP contribution is -1.85. The third kappa shape index (κ3) is 2.24. The number of hydrogen-bond donors (Lipinski definition) is 2. The molecule has 0 saturated heterocycles. The zero-order valence-electron chi connectivity index (χ0n) is 10.9. The highest BCUT2D eigenvalue weighted by Crippen LogP contribution is 2.31. The molecule has 0 atom stereocenters. The number of nitrogens with zero attached hydrogens (tertiary/aromatic N) is 1. The number of hydrogen-bond acceptors (Lipinski definition) is 3. The van der Waals surface area contributed by atoms with Crippen LogP contribution in [0.3, 0.4) is 0 Å². The summed E-state index contributed by atoms with van der Waals surface area (Å²) in [5.41, 5.74) is 3.74. The second-order valence-corrected chi connectivity index (χ2v) is 4.83. The minimum Gasteiger partial charge on any atom is -0.495 e. The summed E-state index contributed by atoms with van der Waals surface area (Å²) >= 11 is 6.15. The van der Waals surface area contributed by atoms with Crippen molar-refractivity contribution >= 4 is 22.6 Å². The first-order valence-corrected chi connectivity index (χ1v) is 6.52. The van der Waals surface area contributed by atoms with Crippen molar-refractivity contribution in [3.8, 4) is 16.9 Å². The molecular formula is C15H13ClN2O2. The van der Waals surface area contributed by atoms with E-state index in [0.717, 1.165) is 22.2 Å². The van der Waals surface area contributed by atoms with E-state index in [0.29, 0.717) is 16.6 Å². The van der Waals surface area contributed by atoms with Gasteiger partial charge in [0.1, 0.15) is 18.2 Å². The molecule has 2 N–H and O–H groups in total. The van der Waals surface area contributed by atoms with E-state index in [1.54, 1.807) is 7.11 Å². The normalized spacial score (nSPS) is 10.9. The summed E-state index contributed by atoms with van der Waals surface area (Å²) in [5, 5.41) is 9.67. The Bertz CT molecular complexity index is 768. The number of fused-ring (bicyclic) bond motifs is 1. The first-order chi connectivity index (χ1) is 9.71. The van der Waals surface area contributed by atoms with Gasteiger partial charge in [-0.15, -0.1) is 0 Å². The smallest absolute Gasteiger partial charge is 0.137 e. The summed E-state index contributed by atoms with van der Waals surface area (Å²) in [6.07, 6.45) is 0. The van der Waals surface area contributed by atoms with E-state index in [-0.39, 0.29) is 6.61 Å². The Morgan fingerprint density at radius 2 is 1.95 bits per heavy atom. The standard InChI is InChI=1S/C15H13ClN2O2/c1-20-14-5-3-9(6-11(14)16)10-2-4-12-13(7-10)18-15(8-19)17-12/h2-7,19H,8H2,1H3,(H,17,18). The summed E-state index contributed by atoms with van der Waals surface area (Å²) in [6.45, 7) is -0.0988. The third-order valence-electron chi connectivity index (χ3n) is 3.17. The lowest BCUT2D eigenvalue weighted by atomic mass is 10.1. The highest BCUT2D eigenvalue weighted by atomic mass is 35.5. The molecule has 0 spiro atoms. The molecule has 0 aliphatic rings. The lowest BCUT2D eigenvalue weighted by molar-refractivity contribution is 0.273. The van der Waals surface area contributed by atoms with Gasteiger partial charge in [-0.1, -0.05) is 23.7 Å². The first kappa shape index (κ1) is 13.0. The van der Waals surface area contributed by atoms with E-state index in [1.165, 1.54) is 0 Å². The molecule has 1 heterocycles. The minimum atomic E-state index is -0.0988. The van der Waals surface area contributed by atoms with Crippen molar-refractivity contribution in [2.45, 2.75) is 6.61 Å². The molecule has 3 rings (SSSR count). The Balaban J connectivity index is 2.07. The fourth-order valence-electron chi connectivity index (χ4n) is 2.16. The number of aliphatic hydroxyl groups excluding tert-OH is 1. The maximum atomic E-state index is 9.09. The number of imidazole rings is 1. The first-order valence-electron chi connectivity index (χ1n) is 6.14. The van der Waals surface area contributed by atoms with Crippen LogP contribution in [0, 0.1) is 0 Å². The average Bonchev–Trinajstić information content (AvgIpc) is 2.89. The number of aromatic amines is 1. The molecular weight excluding hydrogens is 276 g/mol. The van der Waals surface area contributed by atoms with Crippen LogP contribution in [0.5, 0.6) is 5.75 Å². The second-order valence-electron chi connectivity index (χ2n) is 4.42. The van der Waals surface area contributed by atoms with Gasteiger partial charge in [-0.25, -0.2) is 4.98 Å². The van der Waals surface area contributed by atoms with Gasteiger partial charge in [0.15, 0.2) is 0 Å². The van der Waals surface area contributed by atoms with Crippen LogP contribution in [0.2, 0.25) is 5.02 Å². The average molecular weight is 289 g/mol. The van der Waals surface area contributed by atoms with Crippen LogP contribution in [-0.4, -0.2) is 22.2 Å². The van der Waals surface area contributed by atoms with Gasteiger partial charge in [-0.05, 0) is 35.4 Å². The number of nitrogens with one attached hydrogen (secondary N) is 1. The molecule has 0 fully saturated rings. The lowest BCUT2D eigenvalue weighted by Gasteiger charge is -2.06. The Morgan fingerprint density at radius 1 is 1.20 bits per heavy atom. The maximum Gasteiger partial charge on any atom is 0.137 e. The largest absolute Gasteiger partial charge is 0.495 e. The molecule has 5 heteroatoms. The van der Waals surface area contributed by atoms with E-state index < -0.39 is 0 Å². The van der Waals surface area contributed by atoms with Crippen molar-refractivity contribution in [3.63, 3.8) is 0 Å². The van der Waals surface area contributed by atoms with Crippen LogP contribution < -0.4 is 4.74 Å². The summed E-state index contributed by atoms with van der Waals surface area (Å²) in [4.78, 5) is 7.33. The summed E-state index contributed by atoms with van der Waals surface area (Å²) < 4.78 is 5.15. The Labute approximate surface area is 121 Å². The molecule has 20 heavy (non-hydrogen) atoms. The number of rotatable bonds is 3. The van der Waals surface area contributed by atoms with E-state index in [4.69, 9.17) is 21.4 Å². The van der Waals surface area contributed by atoms with Crippen molar-refractivity contribution in [1.29, 1.82) is 0 Å². The van der Waals surface area contributed by atoms with Crippen molar-refractivity contribution in [2.75, 3.05) is 7.11 Å². The Hall–Kier alpha value is -2.04. The molecule has 4 nitrogen and oxygen atoms in total. The van der Waals surface area contributed by atoms with Gasteiger partial charge in [-0.2, -0.15) is 0 Å². The molecule has 3 aromatic rings. The molecule has 0 bridgehead atoms. The molecule has 0 aliphatic carbocycles. The van der Waals surface area contributed by atoms with Crippen molar-refractivity contribution in [1.82, 2.24) is 9.97 Å². The number of ether oxygens (including phenoxy) is 1. The van der Waals surface area contributed by atoms with Crippen molar-refractivity contribution in [3.05, 3.63) is 47.2 Å². The zero-order valence-corrected chi connectivity index (χ0v) is 11.6. The van der Waals surface area contributed by atoms with E-state index in [2.05, 4.69) is 9.97 Å². The number of aliphatic hydroxyl groups is 1. The molecule has 1 aromatic heterocycles. The van der Waals surface area contributed by atoms with Gasteiger partial charge in [0.2, 0.25) is 0 Å². The number of methoxy groups -OCH3 is 1. The van der Waals surface area contributed by atoms with Gasteiger partial charge in [0.25, 0.3) is 0 Å². The third-order valence-corrected chi connectivity index (χ3v) is 3.46. The molecule has 102 valence electrons. The highest BCUT2D eigenvalue weighted by Gasteiger charge is 2.07. The van der Waals surface area contributed by atoms with Gasteiger partial charge in [0, 0.05) is 0 Å². The predicted octanol–water partition coefficient (Wildman–Crippen LogP) is 3.38. The predicted molar refractivity (Wildman–Crippen MR) is 79.0 cm³/mol. The van der Waals surface area contributed by atoms with Gasteiger partial charge < -0.3 is 14.8 Å². The minimum absolute atomic E-state index is 0.0988. The van der Waals surface area contributed by atoms with Crippen LogP contribution in [0.1, 0.15) is 5.82 Å². The Kier molecular flexibility index (Phi) is 3.34. The van der Waals surface area contributed by atoms with Gasteiger partial charge in [0.05, 0.1) is 23.2 Å². The number of halogens is 1. The van der Waals surface area contributed by atoms with Gasteiger partial charge >= 0.3 is 0 Å². The molecule has 0 amide bonds. The van der Waals surface area contributed by atoms with E-state index in [9.17, 15) is 0 Å². The number of aromatic nitrogens is 2. The quantitative estimate of drug-likeness (QED) is 0.777. The van der Waals surface area contributed by atoms with Crippen LogP contribution in [0.25, 0.3) is 22.2 Å². The SMILES string of the molecule is COc1ccc(-c2ccc3nc(CO)[nH]c3c2)cc1Cl. The molecule has 0 radical (unpaired) electrons. The summed E-state index contributed by atoms with van der Waals surface area (Å²) in [5.74, 6) is 1.21. The van der Waals surface area contributed by atoms with Crippen LogP contribution in [-0.2, 0) is 6.61 Å². The maximum absolute atomic E-state index is 9.09. The topological polar surface area (TPSA) is 58.1 Å². The highest BCUT2D eigenvalue weighted by molar-refractivity contribution is 6.32. The van der Waals surface area contributed by atoms with Crippen molar-refractivity contribution in [2.24, 2.45) is 0 Å². The van der Waals surface area contributed by atoms with E-state index >= 15 is 0 Å². The molecule has 0 unspecified atom stereocenters. The summed E-state index contributed by atoms with van der Waals surface area (Å²) in [7, 11) is 1.59. The van der Waals surface area contributed by atoms with Crippen LogP contribution in [0.4, 0.5) is 0 Å². The fraction of sp³-hybridized carbons (Fsp3) is 0.133. The molecule has 0 aliphatic heterocycles. The monoisotopic (exact) mass is 288 g/mol. The van der Waals surface area contributed by atoms with Crippen molar-refractivity contribution < 1.29 is 9.84 Å². The van der Waals surface area contributed by atoms with Gasteiger partial charge in [-0.3, -0.25) is 0 Å². The van der Waals surface area contributed by atoms with Crippen LogP contribution in [0.15, 0.2) is 36.4 Å². The Morgan fingerprint density at radius 3 is 2.65 bits per heavy atom. The molecule has 2 aromatic carbocycles. The fourth-order valence-corrected chi connectivity index (χ4v) is 2.42. The van der Waals surface area contributed by atoms with E-state index in [1.807, 2.05) is 36.4 Å². The number of benzene rings is 2.